The molecule has 0 saturated heterocycles. The molecule has 0 radical (unpaired) electrons. The second kappa shape index (κ2) is 6.24. The van der Waals surface area contributed by atoms with Gasteiger partial charge in [-0.1, -0.05) is 26.0 Å². The molecule has 0 aliphatic heterocycles. The van der Waals surface area contributed by atoms with Crippen molar-refractivity contribution in [2.75, 3.05) is 7.11 Å². The van der Waals surface area contributed by atoms with Gasteiger partial charge in [-0.3, -0.25) is 4.79 Å². The first kappa shape index (κ1) is 13.5. The molecule has 0 bridgehead atoms. The summed E-state index contributed by atoms with van der Waals surface area (Å²) in [4.78, 5) is 10.9. The summed E-state index contributed by atoms with van der Waals surface area (Å²) >= 11 is 0. The Balaban J connectivity index is 2.97. The lowest BCUT2D eigenvalue weighted by molar-refractivity contribution is -0.112. The van der Waals surface area contributed by atoms with E-state index in [4.69, 9.17) is 4.74 Å². The van der Waals surface area contributed by atoms with Crippen molar-refractivity contribution in [3.05, 3.63) is 35.4 Å². The summed E-state index contributed by atoms with van der Waals surface area (Å²) in [6.45, 7) is 5.92. The minimum absolute atomic E-state index is 0.0401. The number of ketones is 1. The predicted octanol–water partition coefficient (Wildman–Crippen LogP) is 3.50. The van der Waals surface area contributed by atoms with Gasteiger partial charge >= 0.3 is 0 Å². The number of hydrogen-bond donors (Lipinski definition) is 0. The lowest BCUT2D eigenvalue weighted by Crippen LogP contribution is -1.96. The summed E-state index contributed by atoms with van der Waals surface area (Å²) in [5.41, 5.74) is 2.20. The molecule has 0 spiro atoms. The summed E-state index contributed by atoms with van der Waals surface area (Å²) in [5, 5.41) is 0. The zero-order valence-corrected chi connectivity index (χ0v) is 11.0. The zero-order valence-electron chi connectivity index (χ0n) is 11.0. The number of hydrogen-bond acceptors (Lipinski definition) is 2. The molecular weight excluding hydrogens is 212 g/mol. The van der Waals surface area contributed by atoms with E-state index in [2.05, 4.69) is 19.9 Å². The Morgan fingerprint density at radius 2 is 2.12 bits per heavy atom. The van der Waals surface area contributed by atoms with Crippen LogP contribution in [0.5, 0.6) is 5.75 Å². The van der Waals surface area contributed by atoms with Crippen LogP contribution in [0, 0.1) is 5.92 Å². The zero-order chi connectivity index (χ0) is 12.8. The third-order valence-electron chi connectivity index (χ3n) is 2.44. The lowest BCUT2D eigenvalue weighted by Gasteiger charge is -2.09. The highest BCUT2D eigenvalue weighted by atomic mass is 16.5. The number of allylic oxidation sites excluding steroid dienone is 1. The van der Waals surface area contributed by atoms with Crippen molar-refractivity contribution in [3.8, 4) is 5.75 Å². The Morgan fingerprint density at radius 3 is 2.65 bits per heavy atom. The van der Waals surface area contributed by atoms with Gasteiger partial charge in [0, 0.05) is 5.56 Å². The minimum atomic E-state index is 0.0401. The largest absolute Gasteiger partial charge is 0.496 e. The van der Waals surface area contributed by atoms with Crippen molar-refractivity contribution in [3.63, 3.8) is 0 Å². The highest BCUT2D eigenvalue weighted by Crippen LogP contribution is 2.23. The van der Waals surface area contributed by atoms with Gasteiger partial charge in [-0.05, 0) is 43.0 Å². The van der Waals surface area contributed by atoms with Gasteiger partial charge in [0.1, 0.15) is 5.75 Å². The van der Waals surface area contributed by atoms with Crippen LogP contribution in [0.1, 0.15) is 31.9 Å². The molecule has 0 heterocycles. The molecule has 0 unspecified atom stereocenters. The molecule has 0 fully saturated rings. The van der Waals surface area contributed by atoms with Gasteiger partial charge in [-0.15, -0.1) is 0 Å². The van der Waals surface area contributed by atoms with Crippen LogP contribution < -0.4 is 4.74 Å². The van der Waals surface area contributed by atoms with E-state index in [1.807, 2.05) is 12.1 Å². The molecule has 17 heavy (non-hydrogen) atoms. The molecule has 0 N–H and O–H groups in total. The Morgan fingerprint density at radius 1 is 1.41 bits per heavy atom. The number of benzene rings is 1. The van der Waals surface area contributed by atoms with Gasteiger partial charge in [-0.25, -0.2) is 0 Å². The normalized spacial score (nSPS) is 11.1. The van der Waals surface area contributed by atoms with Crippen molar-refractivity contribution >= 4 is 11.9 Å². The molecule has 0 aliphatic carbocycles. The third-order valence-corrected chi connectivity index (χ3v) is 2.44. The topological polar surface area (TPSA) is 26.3 Å². The van der Waals surface area contributed by atoms with Crippen LogP contribution in [-0.2, 0) is 11.2 Å². The van der Waals surface area contributed by atoms with Gasteiger partial charge < -0.3 is 4.74 Å². The number of rotatable bonds is 5. The molecule has 92 valence electrons. The van der Waals surface area contributed by atoms with Crippen LogP contribution in [0.4, 0.5) is 0 Å². The summed E-state index contributed by atoms with van der Waals surface area (Å²) < 4.78 is 5.34. The predicted molar refractivity (Wildman–Crippen MR) is 71.3 cm³/mol. The van der Waals surface area contributed by atoms with Crippen LogP contribution in [0.3, 0.4) is 0 Å². The van der Waals surface area contributed by atoms with E-state index in [0.29, 0.717) is 5.92 Å². The maximum atomic E-state index is 10.9. The monoisotopic (exact) mass is 232 g/mol. The van der Waals surface area contributed by atoms with Gasteiger partial charge in [0.2, 0.25) is 0 Å². The summed E-state index contributed by atoms with van der Waals surface area (Å²) in [5.74, 6) is 1.48. The van der Waals surface area contributed by atoms with Crippen molar-refractivity contribution in [2.24, 2.45) is 5.92 Å². The van der Waals surface area contributed by atoms with Crippen molar-refractivity contribution < 1.29 is 9.53 Å². The van der Waals surface area contributed by atoms with Gasteiger partial charge in [0.15, 0.2) is 5.78 Å². The van der Waals surface area contributed by atoms with Crippen molar-refractivity contribution in [2.45, 2.75) is 27.2 Å². The number of methoxy groups -OCH3 is 1. The number of ether oxygens (including phenoxy) is 1. The Bertz CT molecular complexity index is 417. The molecule has 0 saturated carbocycles. The first-order valence-electron chi connectivity index (χ1n) is 5.88. The molecule has 1 aromatic rings. The van der Waals surface area contributed by atoms with E-state index >= 15 is 0 Å². The van der Waals surface area contributed by atoms with Crippen LogP contribution in [0.25, 0.3) is 6.08 Å². The van der Waals surface area contributed by atoms with Gasteiger partial charge in [0.25, 0.3) is 0 Å². The average Bonchev–Trinajstić information content (AvgIpc) is 2.26. The van der Waals surface area contributed by atoms with Crippen LogP contribution >= 0.6 is 0 Å². The molecule has 2 nitrogen and oxygen atoms in total. The highest BCUT2D eigenvalue weighted by molar-refractivity contribution is 5.91. The molecule has 0 aromatic heterocycles. The molecule has 1 rings (SSSR count). The summed E-state index contributed by atoms with van der Waals surface area (Å²) in [7, 11) is 1.65. The number of carbonyl (C=O) groups is 1. The molecule has 0 atom stereocenters. The quantitative estimate of drug-likeness (QED) is 0.726. The SMILES string of the molecule is COc1cc(CC(C)C)ccc1/C=C/C(C)=O. The standard InChI is InChI=1S/C15H20O2/c1-11(2)9-13-6-8-14(7-5-12(3)16)15(10-13)17-4/h5-8,10-11H,9H2,1-4H3/b7-5+. The molecule has 1 aromatic carbocycles. The lowest BCUT2D eigenvalue weighted by atomic mass is 10.0. The van der Waals surface area contributed by atoms with E-state index in [0.717, 1.165) is 17.7 Å². The first-order chi connectivity index (χ1) is 8.02. The summed E-state index contributed by atoms with van der Waals surface area (Å²) in [6.07, 6.45) is 4.38. The Labute approximate surface area is 103 Å². The second-order valence-corrected chi connectivity index (χ2v) is 4.62. The number of carbonyl (C=O) groups excluding carboxylic acids is 1. The van der Waals surface area contributed by atoms with E-state index < -0.39 is 0 Å². The van der Waals surface area contributed by atoms with Crippen LogP contribution in [-0.4, -0.2) is 12.9 Å². The van der Waals surface area contributed by atoms with E-state index in [-0.39, 0.29) is 5.78 Å². The van der Waals surface area contributed by atoms with E-state index in [1.165, 1.54) is 12.5 Å². The molecule has 2 heteroatoms. The fourth-order valence-corrected chi connectivity index (χ4v) is 1.70. The van der Waals surface area contributed by atoms with Crippen molar-refractivity contribution in [1.29, 1.82) is 0 Å². The van der Waals surface area contributed by atoms with Gasteiger partial charge in [-0.2, -0.15) is 0 Å². The fraction of sp³-hybridized carbons (Fsp3) is 0.400. The minimum Gasteiger partial charge on any atom is -0.496 e. The second-order valence-electron chi connectivity index (χ2n) is 4.62. The first-order valence-corrected chi connectivity index (χ1v) is 5.88. The van der Waals surface area contributed by atoms with Crippen LogP contribution in [0.2, 0.25) is 0 Å². The smallest absolute Gasteiger partial charge is 0.152 e. The van der Waals surface area contributed by atoms with Gasteiger partial charge in [0.05, 0.1) is 7.11 Å². The highest BCUT2D eigenvalue weighted by Gasteiger charge is 2.03. The Kier molecular flexibility index (Phi) is 4.95. The third kappa shape index (κ3) is 4.43. The van der Waals surface area contributed by atoms with Crippen molar-refractivity contribution in [1.82, 2.24) is 0 Å². The molecule has 0 aliphatic rings. The molecule has 0 amide bonds. The average molecular weight is 232 g/mol. The fourth-order valence-electron chi connectivity index (χ4n) is 1.70. The summed E-state index contributed by atoms with van der Waals surface area (Å²) in [6, 6.07) is 6.12. The van der Waals surface area contributed by atoms with Crippen LogP contribution in [0.15, 0.2) is 24.3 Å². The van der Waals surface area contributed by atoms with E-state index in [9.17, 15) is 4.79 Å². The molecular formula is C15H20O2. The van der Waals surface area contributed by atoms with E-state index in [1.54, 1.807) is 19.3 Å². The Hall–Kier alpha value is -1.57. The maximum Gasteiger partial charge on any atom is 0.152 e. The maximum absolute atomic E-state index is 10.9.